The Balaban J connectivity index is 2.11. The predicted octanol–water partition coefficient (Wildman–Crippen LogP) is 4.37. The number of carbonyl (C=O) groups is 2. The van der Waals surface area contributed by atoms with E-state index in [4.69, 9.17) is 4.74 Å². The van der Waals surface area contributed by atoms with Gasteiger partial charge in [0, 0.05) is 12.1 Å². The van der Waals surface area contributed by atoms with E-state index in [2.05, 4.69) is 20.8 Å². The summed E-state index contributed by atoms with van der Waals surface area (Å²) in [7, 11) is 5.48. The molecule has 0 aliphatic carbocycles. The van der Waals surface area contributed by atoms with Gasteiger partial charge in [-0.15, -0.1) is 0 Å². The zero-order valence-electron chi connectivity index (χ0n) is 20.4. The summed E-state index contributed by atoms with van der Waals surface area (Å²) in [5, 5.41) is 11.2. The molecule has 1 heterocycles. The lowest BCUT2D eigenvalue weighted by Gasteiger charge is -2.27. The fourth-order valence-electron chi connectivity index (χ4n) is 4.11. The van der Waals surface area contributed by atoms with E-state index >= 15 is 0 Å². The molecule has 2 aromatic rings. The SMILES string of the molecule is COc1cccc(/C(O)=C2\C(=O)C(=O)N(CCCN(C)C)[C@@H]2c2ccc(C(C)(C)C)cc2)c1. The van der Waals surface area contributed by atoms with Gasteiger partial charge < -0.3 is 19.6 Å². The van der Waals surface area contributed by atoms with Gasteiger partial charge in [-0.05, 0) is 55.7 Å². The maximum atomic E-state index is 13.1. The number of rotatable bonds is 7. The fourth-order valence-corrected chi connectivity index (χ4v) is 4.11. The van der Waals surface area contributed by atoms with Crippen molar-refractivity contribution in [3.05, 3.63) is 70.8 Å². The van der Waals surface area contributed by atoms with E-state index in [1.165, 1.54) is 0 Å². The lowest BCUT2D eigenvalue weighted by molar-refractivity contribution is -0.139. The van der Waals surface area contributed by atoms with Crippen LogP contribution < -0.4 is 4.74 Å². The second kappa shape index (κ2) is 9.79. The highest BCUT2D eigenvalue weighted by Gasteiger charge is 2.45. The molecule has 1 amide bonds. The van der Waals surface area contributed by atoms with Crippen LogP contribution in [0.15, 0.2) is 54.1 Å². The number of ketones is 1. The van der Waals surface area contributed by atoms with Crippen LogP contribution in [0, 0.1) is 0 Å². The molecule has 2 aromatic carbocycles. The summed E-state index contributed by atoms with van der Waals surface area (Å²) in [5.74, 6) is -0.870. The third-order valence-corrected chi connectivity index (χ3v) is 5.98. The zero-order valence-corrected chi connectivity index (χ0v) is 20.4. The summed E-state index contributed by atoms with van der Waals surface area (Å²) in [5.41, 5.74) is 2.49. The monoisotopic (exact) mass is 450 g/mol. The molecule has 1 saturated heterocycles. The Hall–Kier alpha value is -3.12. The molecule has 1 aliphatic heterocycles. The van der Waals surface area contributed by atoms with Crippen molar-refractivity contribution in [2.24, 2.45) is 0 Å². The summed E-state index contributed by atoms with van der Waals surface area (Å²) >= 11 is 0. The van der Waals surface area contributed by atoms with Gasteiger partial charge in [0.2, 0.25) is 0 Å². The average molecular weight is 451 g/mol. The van der Waals surface area contributed by atoms with E-state index in [9.17, 15) is 14.7 Å². The first kappa shape index (κ1) is 24.5. The van der Waals surface area contributed by atoms with Gasteiger partial charge in [-0.25, -0.2) is 0 Å². The number of carbonyl (C=O) groups excluding carboxylic acids is 2. The van der Waals surface area contributed by atoms with Gasteiger partial charge in [0.25, 0.3) is 11.7 Å². The number of hydrogen-bond donors (Lipinski definition) is 1. The number of aliphatic hydroxyl groups excluding tert-OH is 1. The number of hydrogen-bond acceptors (Lipinski definition) is 5. The van der Waals surface area contributed by atoms with Gasteiger partial charge in [-0.3, -0.25) is 9.59 Å². The van der Waals surface area contributed by atoms with Crippen LogP contribution in [0.2, 0.25) is 0 Å². The minimum absolute atomic E-state index is 0.0212. The van der Waals surface area contributed by atoms with Crippen molar-refractivity contribution in [1.82, 2.24) is 9.80 Å². The van der Waals surface area contributed by atoms with Crippen LogP contribution in [-0.4, -0.2) is 60.9 Å². The molecule has 6 heteroatoms. The first-order valence-electron chi connectivity index (χ1n) is 11.2. The van der Waals surface area contributed by atoms with Crippen molar-refractivity contribution < 1.29 is 19.4 Å². The molecule has 0 unspecified atom stereocenters. The van der Waals surface area contributed by atoms with Crippen molar-refractivity contribution in [3.8, 4) is 5.75 Å². The number of methoxy groups -OCH3 is 1. The van der Waals surface area contributed by atoms with Crippen molar-refractivity contribution in [2.75, 3.05) is 34.3 Å². The summed E-state index contributed by atoms with van der Waals surface area (Å²) in [6.45, 7) is 7.62. The number of amides is 1. The molecule has 0 radical (unpaired) electrons. The molecular formula is C27H34N2O4. The van der Waals surface area contributed by atoms with E-state index in [0.29, 0.717) is 17.9 Å². The van der Waals surface area contributed by atoms with Gasteiger partial charge in [-0.2, -0.15) is 0 Å². The quantitative estimate of drug-likeness (QED) is 0.385. The summed E-state index contributed by atoms with van der Waals surface area (Å²) < 4.78 is 5.27. The fraction of sp³-hybridized carbons (Fsp3) is 0.407. The molecule has 0 aromatic heterocycles. The normalized spacial score (nSPS) is 18.3. The van der Waals surface area contributed by atoms with Crippen molar-refractivity contribution in [1.29, 1.82) is 0 Å². The zero-order chi connectivity index (χ0) is 24.3. The van der Waals surface area contributed by atoms with E-state index < -0.39 is 17.7 Å². The smallest absolute Gasteiger partial charge is 0.295 e. The van der Waals surface area contributed by atoms with Crippen LogP contribution in [0.5, 0.6) is 5.75 Å². The second-order valence-corrected chi connectivity index (χ2v) is 9.75. The highest BCUT2D eigenvalue weighted by atomic mass is 16.5. The number of ether oxygens (including phenoxy) is 1. The van der Waals surface area contributed by atoms with E-state index in [1.54, 1.807) is 36.3 Å². The van der Waals surface area contributed by atoms with E-state index in [-0.39, 0.29) is 16.7 Å². The maximum Gasteiger partial charge on any atom is 0.295 e. The van der Waals surface area contributed by atoms with Crippen LogP contribution in [0.25, 0.3) is 5.76 Å². The standard InChI is InChI=1S/C27H34N2O4/c1-27(2,3)20-13-11-18(12-14-20)23-22(24(30)19-9-7-10-21(17-19)33-6)25(31)26(32)29(23)16-8-15-28(4)5/h7,9-14,17,23,30H,8,15-16H2,1-6H3/b24-22+/t23-/m1/s1. The van der Waals surface area contributed by atoms with Crippen LogP contribution in [0.4, 0.5) is 0 Å². The molecular weight excluding hydrogens is 416 g/mol. The Morgan fingerprint density at radius 2 is 1.76 bits per heavy atom. The summed E-state index contributed by atoms with van der Waals surface area (Å²) in [6, 6.07) is 14.2. The Morgan fingerprint density at radius 1 is 1.09 bits per heavy atom. The highest BCUT2D eigenvalue weighted by Crippen LogP contribution is 2.40. The first-order chi connectivity index (χ1) is 15.5. The molecule has 6 nitrogen and oxygen atoms in total. The van der Waals surface area contributed by atoms with Gasteiger partial charge in [0.05, 0.1) is 18.7 Å². The van der Waals surface area contributed by atoms with Crippen LogP contribution in [0.1, 0.15) is 49.9 Å². The topological polar surface area (TPSA) is 70.1 Å². The molecule has 0 bridgehead atoms. The lowest BCUT2D eigenvalue weighted by Crippen LogP contribution is -2.32. The number of benzene rings is 2. The molecule has 0 saturated carbocycles. The number of Topliss-reactive ketones (excluding diaryl/α,β-unsaturated/α-hetero) is 1. The Bertz CT molecular complexity index is 1050. The van der Waals surface area contributed by atoms with E-state index in [0.717, 1.165) is 24.1 Å². The highest BCUT2D eigenvalue weighted by molar-refractivity contribution is 6.46. The minimum atomic E-state index is -0.662. The number of aliphatic hydroxyl groups is 1. The first-order valence-corrected chi connectivity index (χ1v) is 11.2. The van der Waals surface area contributed by atoms with E-state index in [1.807, 2.05) is 43.3 Å². The average Bonchev–Trinajstić information content (AvgIpc) is 3.03. The molecule has 1 aliphatic rings. The van der Waals surface area contributed by atoms with Gasteiger partial charge in [0.1, 0.15) is 11.5 Å². The third-order valence-electron chi connectivity index (χ3n) is 5.98. The molecule has 1 fully saturated rings. The summed E-state index contributed by atoms with van der Waals surface area (Å²) in [6.07, 6.45) is 0.718. The molecule has 3 rings (SSSR count). The second-order valence-electron chi connectivity index (χ2n) is 9.75. The van der Waals surface area contributed by atoms with Crippen molar-refractivity contribution >= 4 is 17.4 Å². The maximum absolute atomic E-state index is 13.1. The largest absolute Gasteiger partial charge is 0.507 e. The Kier molecular flexibility index (Phi) is 7.28. The van der Waals surface area contributed by atoms with Crippen LogP contribution >= 0.6 is 0 Å². The predicted molar refractivity (Wildman–Crippen MR) is 130 cm³/mol. The van der Waals surface area contributed by atoms with Gasteiger partial charge >= 0.3 is 0 Å². The van der Waals surface area contributed by atoms with Gasteiger partial charge in [0.15, 0.2) is 0 Å². The van der Waals surface area contributed by atoms with Crippen LogP contribution in [-0.2, 0) is 15.0 Å². The minimum Gasteiger partial charge on any atom is -0.507 e. The third kappa shape index (κ3) is 5.28. The molecule has 1 atom stereocenters. The molecule has 176 valence electrons. The lowest BCUT2D eigenvalue weighted by atomic mass is 9.85. The molecule has 33 heavy (non-hydrogen) atoms. The van der Waals surface area contributed by atoms with Gasteiger partial charge in [-0.1, -0.05) is 57.2 Å². The van der Waals surface area contributed by atoms with Crippen LogP contribution in [0.3, 0.4) is 0 Å². The van der Waals surface area contributed by atoms with Crippen molar-refractivity contribution in [2.45, 2.75) is 38.6 Å². The molecule has 0 spiro atoms. The Morgan fingerprint density at radius 3 is 2.33 bits per heavy atom. The Labute approximate surface area is 196 Å². The number of likely N-dealkylation sites (tertiary alicyclic amines) is 1. The molecule has 1 N–H and O–H groups in total. The summed E-state index contributed by atoms with van der Waals surface area (Å²) in [4.78, 5) is 29.8. The number of nitrogens with zero attached hydrogens (tertiary/aromatic N) is 2. The van der Waals surface area contributed by atoms with Crippen molar-refractivity contribution in [3.63, 3.8) is 0 Å².